The van der Waals surface area contributed by atoms with Gasteiger partial charge in [-0.05, 0) is 36.5 Å². The van der Waals surface area contributed by atoms with Gasteiger partial charge in [0.1, 0.15) is 0 Å². The first-order valence-electron chi connectivity index (χ1n) is 7.37. The normalized spacial score (nSPS) is 16.6. The molecule has 0 radical (unpaired) electrons. The third-order valence-corrected chi connectivity index (χ3v) is 3.95. The Kier molecular flexibility index (Phi) is 4.13. The monoisotopic (exact) mass is 260 g/mol. The number of rotatable bonds is 0. The van der Waals surface area contributed by atoms with E-state index in [-0.39, 0.29) is 0 Å². The Labute approximate surface area is 121 Å². The van der Waals surface area contributed by atoms with Gasteiger partial charge < -0.3 is 0 Å². The van der Waals surface area contributed by atoms with Gasteiger partial charge in [-0.25, -0.2) is 0 Å². The molecule has 100 valence electrons. The first-order valence-corrected chi connectivity index (χ1v) is 7.37. The number of fused-ring (bicyclic) bond motifs is 1. The van der Waals surface area contributed by atoms with Gasteiger partial charge in [0.25, 0.3) is 0 Å². The topological polar surface area (TPSA) is 0 Å². The Morgan fingerprint density at radius 2 is 0.750 bits per heavy atom. The molecule has 0 heterocycles. The predicted octanol–water partition coefficient (Wildman–Crippen LogP) is 5.82. The smallest absolute Gasteiger partial charge is 0.0133 e. The SMILES string of the molecule is C1=CCC2=C(C1)CC=CC2.c1ccc2ccccc2c1. The van der Waals surface area contributed by atoms with E-state index in [4.69, 9.17) is 0 Å². The fourth-order valence-corrected chi connectivity index (χ4v) is 2.78. The third kappa shape index (κ3) is 3.08. The van der Waals surface area contributed by atoms with Crippen LogP contribution in [-0.2, 0) is 0 Å². The van der Waals surface area contributed by atoms with Crippen LogP contribution in [0.1, 0.15) is 25.7 Å². The van der Waals surface area contributed by atoms with Gasteiger partial charge in [0.05, 0.1) is 0 Å². The first-order chi connectivity index (χ1) is 9.93. The summed E-state index contributed by atoms with van der Waals surface area (Å²) in [6.07, 6.45) is 14.0. The summed E-state index contributed by atoms with van der Waals surface area (Å²) in [7, 11) is 0. The molecule has 0 aromatic heterocycles. The quantitative estimate of drug-likeness (QED) is 0.523. The molecule has 0 atom stereocenters. The van der Waals surface area contributed by atoms with E-state index in [1.165, 1.54) is 36.5 Å². The van der Waals surface area contributed by atoms with Crippen LogP contribution < -0.4 is 0 Å². The van der Waals surface area contributed by atoms with Crippen LogP contribution in [0.25, 0.3) is 10.8 Å². The summed E-state index contributed by atoms with van der Waals surface area (Å²) >= 11 is 0. The van der Waals surface area contributed by atoms with Crippen LogP contribution in [0.5, 0.6) is 0 Å². The van der Waals surface area contributed by atoms with Crippen molar-refractivity contribution in [3.8, 4) is 0 Å². The molecular weight excluding hydrogens is 240 g/mol. The number of hydrogen-bond acceptors (Lipinski definition) is 0. The van der Waals surface area contributed by atoms with Crippen molar-refractivity contribution in [2.45, 2.75) is 25.7 Å². The average molecular weight is 260 g/mol. The lowest BCUT2D eigenvalue weighted by Gasteiger charge is -2.17. The minimum atomic E-state index is 1.21. The lowest BCUT2D eigenvalue weighted by Crippen LogP contribution is -1.97. The Bertz CT molecular complexity index is 562. The van der Waals surface area contributed by atoms with Crippen LogP contribution in [0.2, 0.25) is 0 Å². The highest BCUT2D eigenvalue weighted by Crippen LogP contribution is 2.28. The zero-order valence-corrected chi connectivity index (χ0v) is 11.8. The van der Waals surface area contributed by atoms with Crippen molar-refractivity contribution in [3.63, 3.8) is 0 Å². The van der Waals surface area contributed by atoms with Gasteiger partial charge in [0.2, 0.25) is 0 Å². The second-order valence-corrected chi connectivity index (χ2v) is 5.31. The Morgan fingerprint density at radius 1 is 0.450 bits per heavy atom. The van der Waals surface area contributed by atoms with E-state index < -0.39 is 0 Å². The molecule has 2 aromatic rings. The summed E-state index contributed by atoms with van der Waals surface area (Å²) in [5.74, 6) is 0. The zero-order valence-electron chi connectivity index (χ0n) is 11.8. The Morgan fingerprint density at radius 3 is 1.05 bits per heavy atom. The fraction of sp³-hybridized carbons (Fsp3) is 0.200. The van der Waals surface area contributed by atoms with Gasteiger partial charge in [0.15, 0.2) is 0 Å². The summed E-state index contributed by atoms with van der Waals surface area (Å²) in [6, 6.07) is 16.7. The molecule has 0 bridgehead atoms. The molecule has 2 aromatic carbocycles. The van der Waals surface area contributed by atoms with Crippen molar-refractivity contribution >= 4 is 10.8 Å². The minimum absolute atomic E-state index is 1.21. The molecule has 20 heavy (non-hydrogen) atoms. The molecule has 0 amide bonds. The van der Waals surface area contributed by atoms with Gasteiger partial charge in [0, 0.05) is 0 Å². The second kappa shape index (κ2) is 6.38. The molecule has 4 rings (SSSR count). The van der Waals surface area contributed by atoms with Crippen LogP contribution >= 0.6 is 0 Å². The summed E-state index contributed by atoms with van der Waals surface area (Å²) < 4.78 is 0. The maximum absolute atomic E-state index is 2.29. The van der Waals surface area contributed by atoms with E-state index in [0.717, 1.165) is 0 Å². The van der Waals surface area contributed by atoms with Crippen molar-refractivity contribution in [1.82, 2.24) is 0 Å². The Hall–Kier alpha value is -2.08. The van der Waals surface area contributed by atoms with Gasteiger partial charge in [-0.1, -0.05) is 84.0 Å². The lowest BCUT2D eigenvalue weighted by molar-refractivity contribution is 0.917. The van der Waals surface area contributed by atoms with Gasteiger partial charge in [-0.3, -0.25) is 0 Å². The maximum atomic E-state index is 2.29. The highest BCUT2D eigenvalue weighted by molar-refractivity contribution is 5.81. The maximum Gasteiger partial charge on any atom is -0.0133 e. The van der Waals surface area contributed by atoms with Gasteiger partial charge in [-0.15, -0.1) is 0 Å². The number of hydrogen-bond donors (Lipinski definition) is 0. The highest BCUT2D eigenvalue weighted by atomic mass is 14.1. The average Bonchev–Trinajstić information content (AvgIpc) is 2.56. The van der Waals surface area contributed by atoms with E-state index >= 15 is 0 Å². The van der Waals surface area contributed by atoms with Crippen molar-refractivity contribution in [1.29, 1.82) is 0 Å². The molecule has 0 fully saturated rings. The van der Waals surface area contributed by atoms with Crippen LogP contribution in [0.4, 0.5) is 0 Å². The molecular formula is C20H20. The largest absolute Gasteiger partial charge is 0.0841 e. The van der Waals surface area contributed by atoms with Crippen molar-refractivity contribution in [2.24, 2.45) is 0 Å². The zero-order chi connectivity index (χ0) is 13.6. The molecule has 0 nitrogen and oxygen atoms in total. The predicted molar refractivity (Wildman–Crippen MR) is 87.7 cm³/mol. The lowest BCUT2D eigenvalue weighted by atomic mass is 9.89. The first kappa shape index (κ1) is 12.9. The fourth-order valence-electron chi connectivity index (χ4n) is 2.78. The standard InChI is InChI=1S/C10H12.C10H8/c2*1-2-6-10-8-4-3-7-9(10)5-1/h1-4H,5-8H2;1-8H. The van der Waals surface area contributed by atoms with E-state index in [2.05, 4.69) is 72.8 Å². The molecule has 0 spiro atoms. The van der Waals surface area contributed by atoms with E-state index in [1.807, 2.05) is 0 Å². The molecule has 0 unspecified atom stereocenters. The molecule has 0 saturated carbocycles. The van der Waals surface area contributed by atoms with Crippen molar-refractivity contribution in [3.05, 3.63) is 84.0 Å². The van der Waals surface area contributed by atoms with Crippen LogP contribution in [0.3, 0.4) is 0 Å². The Balaban J connectivity index is 0.000000121. The molecule has 2 aliphatic carbocycles. The van der Waals surface area contributed by atoms with Gasteiger partial charge in [-0.2, -0.15) is 0 Å². The third-order valence-electron chi connectivity index (χ3n) is 3.95. The number of allylic oxidation sites excluding steroid dienone is 6. The molecule has 0 heteroatoms. The summed E-state index contributed by atoms with van der Waals surface area (Å²) in [5, 5.41) is 2.62. The molecule has 0 N–H and O–H groups in total. The summed E-state index contributed by atoms with van der Waals surface area (Å²) in [4.78, 5) is 0. The van der Waals surface area contributed by atoms with Crippen LogP contribution in [0.15, 0.2) is 84.0 Å². The van der Waals surface area contributed by atoms with Crippen molar-refractivity contribution < 1.29 is 0 Å². The minimum Gasteiger partial charge on any atom is -0.0841 e. The molecule has 0 saturated heterocycles. The second-order valence-electron chi connectivity index (χ2n) is 5.31. The van der Waals surface area contributed by atoms with Crippen LogP contribution in [-0.4, -0.2) is 0 Å². The number of benzene rings is 2. The summed E-state index contributed by atoms with van der Waals surface area (Å²) in [5.41, 5.74) is 3.34. The molecule has 2 aliphatic rings. The van der Waals surface area contributed by atoms with E-state index in [0.29, 0.717) is 0 Å². The highest BCUT2D eigenvalue weighted by Gasteiger charge is 2.08. The molecule has 0 aliphatic heterocycles. The van der Waals surface area contributed by atoms with E-state index in [1.54, 1.807) is 11.1 Å². The van der Waals surface area contributed by atoms with Crippen molar-refractivity contribution in [2.75, 3.05) is 0 Å². The van der Waals surface area contributed by atoms with Crippen LogP contribution in [0, 0.1) is 0 Å². The van der Waals surface area contributed by atoms with Gasteiger partial charge >= 0.3 is 0 Å². The van der Waals surface area contributed by atoms with E-state index in [9.17, 15) is 0 Å². The summed E-state index contributed by atoms with van der Waals surface area (Å²) in [6.45, 7) is 0.